The predicted molar refractivity (Wildman–Crippen MR) is 242 cm³/mol. The van der Waals surface area contributed by atoms with E-state index < -0.39 is 23.6 Å². The van der Waals surface area contributed by atoms with Gasteiger partial charge in [-0.05, 0) is 92.2 Å². The number of para-hydroxylation sites is 1. The van der Waals surface area contributed by atoms with E-state index in [0.717, 1.165) is 37.3 Å². The molecule has 0 saturated carbocycles. The molecular formula is C48H46F3N5O6S2. The lowest BCUT2D eigenvalue weighted by Gasteiger charge is -2.33. The lowest BCUT2D eigenvalue weighted by molar-refractivity contribution is -0.117. The number of halogens is 3. The monoisotopic (exact) mass is 909 g/mol. The Labute approximate surface area is 374 Å². The Morgan fingerprint density at radius 2 is 1.78 bits per heavy atom. The largest absolute Gasteiger partial charge is 0.507 e. The van der Waals surface area contributed by atoms with Crippen LogP contribution in [0.3, 0.4) is 0 Å². The first kappa shape index (κ1) is 43.6. The molecule has 1 saturated heterocycles. The van der Waals surface area contributed by atoms with Crippen molar-refractivity contribution in [2.45, 2.75) is 77.2 Å². The summed E-state index contributed by atoms with van der Waals surface area (Å²) in [5, 5.41) is 37.2. The van der Waals surface area contributed by atoms with Gasteiger partial charge in [-0.1, -0.05) is 32.0 Å². The van der Waals surface area contributed by atoms with Gasteiger partial charge in [0.2, 0.25) is 11.2 Å². The quantitative estimate of drug-likeness (QED) is 0.108. The van der Waals surface area contributed by atoms with Gasteiger partial charge in [-0.15, -0.1) is 22.7 Å². The van der Waals surface area contributed by atoms with Crippen LogP contribution < -0.4 is 10.2 Å². The number of fused-ring (bicyclic) bond motifs is 3. The molecule has 3 aromatic carbocycles. The van der Waals surface area contributed by atoms with Crippen molar-refractivity contribution >= 4 is 49.4 Å². The van der Waals surface area contributed by atoms with Crippen molar-refractivity contribution in [3.05, 3.63) is 133 Å². The number of aromatic nitrogens is 3. The molecule has 11 nitrogen and oxygen atoms in total. The molecule has 64 heavy (non-hydrogen) atoms. The van der Waals surface area contributed by atoms with E-state index in [0.29, 0.717) is 92.4 Å². The van der Waals surface area contributed by atoms with E-state index in [1.807, 2.05) is 36.4 Å². The highest BCUT2D eigenvalue weighted by Crippen LogP contribution is 2.52. The smallest absolute Gasteiger partial charge is 0.450 e. The molecule has 0 spiro atoms. The molecule has 9 rings (SSSR count). The Balaban J connectivity index is 0.942. The zero-order valence-electron chi connectivity index (χ0n) is 35.4. The molecule has 6 heterocycles. The number of phenolic OH excluding ortho intramolecular Hbond substituents is 2. The van der Waals surface area contributed by atoms with Crippen LogP contribution in [0.15, 0.2) is 87.5 Å². The van der Waals surface area contributed by atoms with Gasteiger partial charge in [0.05, 0.1) is 43.6 Å². The third-order valence-electron chi connectivity index (χ3n) is 12.2. The lowest BCUT2D eigenvalue weighted by atomic mass is 9.91. The van der Waals surface area contributed by atoms with Crippen molar-refractivity contribution in [1.82, 2.24) is 24.8 Å². The van der Waals surface area contributed by atoms with Crippen molar-refractivity contribution in [3.8, 4) is 27.8 Å². The molecule has 4 aromatic heterocycles. The van der Waals surface area contributed by atoms with E-state index in [4.69, 9.17) is 14.1 Å². The van der Waals surface area contributed by atoms with Crippen LogP contribution in [-0.4, -0.2) is 72.9 Å². The maximum Gasteiger partial charge on any atom is 0.450 e. The first-order chi connectivity index (χ1) is 30.8. The number of pyridine rings is 1. The minimum Gasteiger partial charge on any atom is -0.507 e. The van der Waals surface area contributed by atoms with Gasteiger partial charge in [0.25, 0.3) is 0 Å². The summed E-state index contributed by atoms with van der Waals surface area (Å²) in [7, 11) is 1.77. The number of aryl methyl sites for hydroxylation is 2. The second-order valence-corrected chi connectivity index (χ2v) is 18.3. The van der Waals surface area contributed by atoms with Crippen molar-refractivity contribution < 1.29 is 37.6 Å². The highest BCUT2D eigenvalue weighted by atomic mass is 32.1. The van der Waals surface area contributed by atoms with Crippen LogP contribution in [0.1, 0.15) is 82.8 Å². The van der Waals surface area contributed by atoms with E-state index in [1.165, 1.54) is 29.2 Å². The van der Waals surface area contributed by atoms with Crippen LogP contribution in [0, 0.1) is 0 Å². The number of benzene rings is 3. The van der Waals surface area contributed by atoms with Gasteiger partial charge in [-0.2, -0.15) is 13.2 Å². The molecular weight excluding hydrogens is 864 g/mol. The number of allylic oxidation sites excluding steroid dienone is 1. The van der Waals surface area contributed by atoms with Gasteiger partial charge >= 0.3 is 6.18 Å². The molecule has 0 aliphatic carbocycles. The van der Waals surface area contributed by atoms with Crippen molar-refractivity contribution in [1.29, 1.82) is 0 Å². The summed E-state index contributed by atoms with van der Waals surface area (Å²) in [6.45, 7) is 6.18. The number of alkyl halides is 3. The number of likely N-dealkylation sites (N-methyl/N-ethyl adjacent to an activating group) is 1. The van der Waals surface area contributed by atoms with E-state index in [2.05, 4.69) is 20.9 Å². The number of ether oxygens (including phenoxy) is 1. The number of hydrogen-bond donors (Lipinski definition) is 3. The van der Waals surface area contributed by atoms with E-state index >= 15 is 0 Å². The van der Waals surface area contributed by atoms with Gasteiger partial charge < -0.3 is 29.4 Å². The van der Waals surface area contributed by atoms with Crippen LogP contribution in [0.25, 0.3) is 37.3 Å². The van der Waals surface area contributed by atoms with Gasteiger partial charge in [0.15, 0.2) is 0 Å². The first-order valence-corrected chi connectivity index (χ1v) is 23.0. The normalized spacial score (nSPS) is 17.1. The molecule has 16 heteroatoms. The number of rotatable bonds is 12. The molecule has 7 aromatic rings. The van der Waals surface area contributed by atoms with Gasteiger partial charge in [-0.3, -0.25) is 14.7 Å². The van der Waals surface area contributed by atoms with Crippen LogP contribution in [0.2, 0.25) is 0 Å². The summed E-state index contributed by atoms with van der Waals surface area (Å²) >= 11 is 2.33. The highest BCUT2D eigenvalue weighted by molar-refractivity contribution is 7.19. The standard InChI is InChI=1S/C48H46F3N5O6S2/c1-4-26-18-31-41(59)35(24-61-43(31)34(40(26)58)23-56-16-9-11-29(21-56)28-10-8-15-52-20-28)46-53-30(25-63-46)14-17-55(3)22-33-39(57)27(5-2)19-32-42(60)38(45(48(49,50)51)62-44(32)33)47-54-36-12-6-7-13-37(36)64-47/h6-8,10,12-13,15,18-20,24-25,29,42,57-58,60H,4-5,9,11,14,16-17,21-23H2,1-3H3. The van der Waals surface area contributed by atoms with Gasteiger partial charge in [0, 0.05) is 55.9 Å². The number of thiazole rings is 2. The third-order valence-corrected chi connectivity index (χ3v) is 14.2. The van der Waals surface area contributed by atoms with Crippen molar-refractivity contribution in [2.24, 2.45) is 0 Å². The summed E-state index contributed by atoms with van der Waals surface area (Å²) in [5.41, 5.74) is 4.25. The maximum absolute atomic E-state index is 14.8. The number of aliphatic hydroxyl groups excluding tert-OH is 1. The van der Waals surface area contributed by atoms with Gasteiger partial charge in [0.1, 0.15) is 45.2 Å². The fraction of sp³-hybridized carbons (Fsp3) is 0.333. The predicted octanol–water partition coefficient (Wildman–Crippen LogP) is 9.91. The van der Waals surface area contributed by atoms with Gasteiger partial charge in [-0.25, -0.2) is 9.97 Å². The third kappa shape index (κ3) is 8.29. The van der Waals surface area contributed by atoms with E-state index in [9.17, 15) is 33.3 Å². The summed E-state index contributed by atoms with van der Waals surface area (Å²) in [6, 6.07) is 14.2. The number of nitrogens with zero attached hydrogens (tertiary/aromatic N) is 5. The molecule has 0 radical (unpaired) electrons. The van der Waals surface area contributed by atoms with E-state index in [1.54, 1.807) is 43.6 Å². The molecule has 2 unspecified atom stereocenters. The average molecular weight is 910 g/mol. The SMILES string of the molecule is CCc1cc2c(c(CN(C)CCc3csc(-c4coc5c(CN6CCCC(c7cccnc7)C6)c(O)c(CC)cc5c4=O)n3)c1O)OC(C(F)(F)F)=C(c1nc3ccccc3s1)C2O. The number of hydrogen-bond acceptors (Lipinski definition) is 13. The second-order valence-electron chi connectivity index (χ2n) is 16.4. The zero-order chi connectivity index (χ0) is 44.9. The van der Waals surface area contributed by atoms with Crippen LogP contribution in [-0.2, 0) is 32.4 Å². The number of piperidine rings is 1. The first-order valence-electron chi connectivity index (χ1n) is 21.3. The van der Waals surface area contributed by atoms with Crippen LogP contribution in [0.5, 0.6) is 17.2 Å². The average Bonchev–Trinajstić information content (AvgIpc) is 3.95. The molecule has 2 aliphatic heterocycles. The minimum atomic E-state index is -4.97. The minimum absolute atomic E-state index is 0.00103. The van der Waals surface area contributed by atoms with E-state index in [-0.39, 0.29) is 45.4 Å². The number of phenols is 2. The molecule has 2 atom stereocenters. The Hall–Kier alpha value is -5.65. The zero-order valence-corrected chi connectivity index (χ0v) is 37.0. The summed E-state index contributed by atoms with van der Waals surface area (Å²) in [4.78, 5) is 31.8. The maximum atomic E-state index is 14.8. The molecule has 1 fully saturated rings. The lowest BCUT2D eigenvalue weighted by Crippen LogP contribution is -2.34. The fourth-order valence-electron chi connectivity index (χ4n) is 8.85. The molecule has 332 valence electrons. The molecule has 0 bridgehead atoms. The fourth-order valence-corrected chi connectivity index (χ4v) is 10.7. The summed E-state index contributed by atoms with van der Waals surface area (Å²) < 4.78 is 56.8. The summed E-state index contributed by atoms with van der Waals surface area (Å²) in [5.74, 6) is -1.36. The topological polar surface area (TPSA) is 145 Å². The van der Waals surface area contributed by atoms with Crippen LogP contribution >= 0.6 is 22.7 Å². The second kappa shape index (κ2) is 17.7. The number of aliphatic hydroxyl groups is 1. The molecule has 0 amide bonds. The molecule has 2 aliphatic rings. The number of aromatic hydroxyl groups is 2. The van der Waals surface area contributed by atoms with Crippen molar-refractivity contribution in [2.75, 3.05) is 26.7 Å². The van der Waals surface area contributed by atoms with Crippen molar-refractivity contribution in [3.63, 3.8) is 0 Å². The Morgan fingerprint density at radius 3 is 2.53 bits per heavy atom. The summed E-state index contributed by atoms with van der Waals surface area (Å²) in [6.07, 6.45) is 1.72. The molecule has 3 N–H and O–H groups in total. The highest BCUT2D eigenvalue weighted by Gasteiger charge is 2.47. The Kier molecular flexibility index (Phi) is 12.1. The Morgan fingerprint density at radius 1 is 1.00 bits per heavy atom. The number of likely N-dealkylation sites (tertiary alicyclic amines) is 1. The Bertz CT molecular complexity index is 2930. The van der Waals surface area contributed by atoms with Crippen LogP contribution in [0.4, 0.5) is 13.2 Å².